The zero-order valence-electron chi connectivity index (χ0n) is 37.9. The maximum Gasteiger partial charge on any atom is 0.159 e. The van der Waals surface area contributed by atoms with Gasteiger partial charge in [0.1, 0.15) is 11.2 Å². The van der Waals surface area contributed by atoms with Gasteiger partial charge >= 0.3 is 0 Å². The summed E-state index contributed by atoms with van der Waals surface area (Å²) in [7, 11) is 0. The Bertz CT molecular complexity index is 3680. The lowest BCUT2D eigenvalue weighted by molar-refractivity contribution is 0.665. The number of para-hydroxylation sites is 4. The summed E-state index contributed by atoms with van der Waals surface area (Å²) in [6.45, 7) is 18.5. The van der Waals surface area contributed by atoms with Crippen LogP contribution in [0, 0.1) is 13.8 Å². The monoisotopic (exact) mass is 844 g/mol. The van der Waals surface area contributed by atoms with Gasteiger partial charge in [0.25, 0.3) is 0 Å². The van der Waals surface area contributed by atoms with Gasteiger partial charge in [0.15, 0.2) is 11.2 Å². The van der Waals surface area contributed by atoms with E-state index < -0.39 is 0 Å². The van der Waals surface area contributed by atoms with Crippen LogP contribution in [0.2, 0.25) is 0 Å². The second kappa shape index (κ2) is 15.9. The molecule has 0 aliphatic carbocycles. The lowest BCUT2D eigenvalue weighted by Crippen LogP contribution is -2.17. The summed E-state index contributed by atoms with van der Waals surface area (Å²) >= 11 is 0. The molecule has 0 spiro atoms. The molecule has 65 heavy (non-hydrogen) atoms. The zero-order valence-corrected chi connectivity index (χ0v) is 37.9. The third kappa shape index (κ3) is 6.75. The van der Waals surface area contributed by atoms with E-state index in [1.54, 1.807) is 0 Å². The van der Waals surface area contributed by atoms with Crippen LogP contribution >= 0.6 is 0 Å². The minimum Gasteiger partial charge on any atom is -0.454 e. The van der Waals surface area contributed by atoms with Crippen molar-refractivity contribution in [1.29, 1.82) is 0 Å². The normalized spacial score (nSPS) is 12.2. The van der Waals surface area contributed by atoms with Gasteiger partial charge in [-0.2, -0.15) is 0 Å². The SMILES string of the molecule is C=c1ccc2ccc(N(c3ccc(C(C)C)cc3)c3cccc4c3oc3c(C)cccc34)c3ccc(/C=C\CN(c4ccc(C(C)C)cc4)c4cccc5c4oc4c(C)cccc45)c1c23. The largest absolute Gasteiger partial charge is 0.454 e. The molecule has 0 unspecified atom stereocenters. The summed E-state index contributed by atoms with van der Waals surface area (Å²) in [5, 5.41) is 10.1. The molecule has 0 N–H and O–H groups in total. The molecule has 4 heteroatoms. The highest BCUT2D eigenvalue weighted by Gasteiger charge is 2.23. The molecule has 11 aromatic rings. The fourth-order valence-corrected chi connectivity index (χ4v) is 9.93. The highest BCUT2D eigenvalue weighted by Crippen LogP contribution is 2.46. The number of aryl methyl sites for hydroxylation is 2. The third-order valence-electron chi connectivity index (χ3n) is 13.5. The summed E-state index contributed by atoms with van der Waals surface area (Å²) < 4.78 is 13.6. The molecule has 11 rings (SSSR count). The van der Waals surface area contributed by atoms with Gasteiger partial charge in [-0.15, -0.1) is 0 Å². The molecule has 0 radical (unpaired) electrons. The number of rotatable bonds is 10. The number of nitrogens with zero attached hydrogens (tertiary/aromatic N) is 2. The fraction of sp³-hybridized carbons (Fsp3) is 0.148. The summed E-state index contributed by atoms with van der Waals surface area (Å²) in [5.41, 5.74) is 14.9. The standard InChI is InChI=1S/C61H52N2O2/c1-37(2)42-24-30-46(31-25-42)62(54-20-10-18-50-48-16-8-13-40(6)58(48)64-60(50)54)36-12-15-44-28-34-52-53(35-29-45-23-22-39(5)56(44)57(45)52)63(47-32-26-43(27-33-47)38(3)4)55-21-11-19-51-49-17-9-14-41(7)59(49)65-61(51)55/h8-35,37-38H,5,36H2,1-4,6-7H3/b15-12-. The molecule has 0 aliphatic rings. The Balaban J connectivity index is 1.06. The van der Waals surface area contributed by atoms with E-state index in [0.717, 1.165) is 105 Å². The van der Waals surface area contributed by atoms with Crippen LogP contribution in [0.4, 0.5) is 28.4 Å². The van der Waals surface area contributed by atoms with Gasteiger partial charge in [-0.3, -0.25) is 0 Å². The second-order valence-electron chi connectivity index (χ2n) is 18.2. The van der Waals surface area contributed by atoms with E-state index in [0.29, 0.717) is 18.4 Å². The molecule has 4 nitrogen and oxygen atoms in total. The second-order valence-corrected chi connectivity index (χ2v) is 18.2. The molecule has 9 aromatic carbocycles. The van der Waals surface area contributed by atoms with Gasteiger partial charge in [-0.1, -0.05) is 162 Å². The predicted octanol–water partition coefficient (Wildman–Crippen LogP) is 17.1. The Labute approximate surface area is 380 Å². The molecule has 0 amide bonds. The number of benzene rings is 9. The molecule has 0 saturated carbocycles. The summed E-state index contributed by atoms with van der Waals surface area (Å²) in [5.74, 6) is 0.863. The number of furan rings is 2. The van der Waals surface area contributed by atoms with E-state index in [-0.39, 0.29) is 0 Å². The maximum atomic E-state index is 6.83. The Morgan fingerprint density at radius 1 is 0.477 bits per heavy atom. The van der Waals surface area contributed by atoms with Crippen LogP contribution in [0.25, 0.3) is 78.1 Å². The number of hydrogen-bond acceptors (Lipinski definition) is 4. The van der Waals surface area contributed by atoms with Gasteiger partial charge in [0, 0.05) is 44.9 Å². The van der Waals surface area contributed by atoms with Crippen molar-refractivity contribution in [3.05, 3.63) is 197 Å². The zero-order chi connectivity index (χ0) is 44.5. The Kier molecular flexibility index (Phi) is 9.84. The third-order valence-corrected chi connectivity index (χ3v) is 13.5. The minimum absolute atomic E-state index is 0.421. The van der Waals surface area contributed by atoms with Crippen LogP contribution < -0.4 is 15.0 Å². The smallest absolute Gasteiger partial charge is 0.159 e. The van der Waals surface area contributed by atoms with E-state index in [1.807, 2.05) is 0 Å². The Morgan fingerprint density at radius 3 is 1.60 bits per heavy atom. The molecule has 0 atom stereocenters. The van der Waals surface area contributed by atoms with Crippen molar-refractivity contribution in [2.75, 3.05) is 16.3 Å². The van der Waals surface area contributed by atoms with Gasteiger partial charge in [0.05, 0.1) is 17.1 Å². The number of fused-ring (bicyclic) bond motifs is 6. The first kappa shape index (κ1) is 40.2. The van der Waals surface area contributed by atoms with Gasteiger partial charge in [-0.25, -0.2) is 0 Å². The van der Waals surface area contributed by atoms with Crippen LogP contribution in [-0.4, -0.2) is 6.54 Å². The number of hydrogen-bond donors (Lipinski definition) is 0. The van der Waals surface area contributed by atoms with Crippen molar-refractivity contribution >= 4 is 107 Å². The van der Waals surface area contributed by atoms with Crippen molar-refractivity contribution in [3.63, 3.8) is 0 Å². The highest BCUT2D eigenvalue weighted by molar-refractivity contribution is 6.19. The molecule has 0 bridgehead atoms. The lowest BCUT2D eigenvalue weighted by Gasteiger charge is -2.28. The maximum absolute atomic E-state index is 6.83. The molecular weight excluding hydrogens is 793 g/mol. The van der Waals surface area contributed by atoms with Gasteiger partial charge < -0.3 is 18.6 Å². The first-order chi connectivity index (χ1) is 31.6. The van der Waals surface area contributed by atoms with Crippen LogP contribution in [0.1, 0.15) is 67.3 Å². The Hall–Kier alpha value is -7.56. The molecule has 0 saturated heterocycles. The van der Waals surface area contributed by atoms with Gasteiger partial charge in [-0.05, 0) is 117 Å². The molecular formula is C61H52N2O2. The molecule has 2 aromatic heterocycles. The van der Waals surface area contributed by atoms with E-state index in [4.69, 9.17) is 8.83 Å². The van der Waals surface area contributed by atoms with Gasteiger partial charge in [0.2, 0.25) is 0 Å². The van der Waals surface area contributed by atoms with Crippen molar-refractivity contribution in [2.24, 2.45) is 0 Å². The van der Waals surface area contributed by atoms with E-state index in [1.165, 1.54) is 21.9 Å². The minimum atomic E-state index is 0.421. The van der Waals surface area contributed by atoms with Crippen molar-refractivity contribution < 1.29 is 8.83 Å². The summed E-state index contributed by atoms with van der Waals surface area (Å²) in [6, 6.07) is 57.2. The van der Waals surface area contributed by atoms with E-state index in [9.17, 15) is 0 Å². The van der Waals surface area contributed by atoms with Crippen molar-refractivity contribution in [1.82, 2.24) is 0 Å². The molecule has 318 valence electrons. The lowest BCUT2D eigenvalue weighted by atomic mass is 9.93. The summed E-state index contributed by atoms with van der Waals surface area (Å²) in [6.07, 6.45) is 4.55. The van der Waals surface area contributed by atoms with E-state index >= 15 is 0 Å². The Morgan fingerprint density at radius 2 is 1.00 bits per heavy atom. The van der Waals surface area contributed by atoms with Crippen LogP contribution in [0.15, 0.2) is 173 Å². The molecule has 0 fully saturated rings. The number of anilines is 5. The average Bonchev–Trinajstić information content (AvgIpc) is 3.91. The van der Waals surface area contributed by atoms with Crippen LogP contribution in [-0.2, 0) is 0 Å². The average molecular weight is 845 g/mol. The first-order valence-electron chi connectivity index (χ1n) is 22.9. The van der Waals surface area contributed by atoms with Crippen molar-refractivity contribution in [3.8, 4) is 0 Å². The predicted molar refractivity (Wildman–Crippen MR) is 278 cm³/mol. The molecule has 0 aliphatic heterocycles. The summed E-state index contributed by atoms with van der Waals surface area (Å²) in [4.78, 5) is 4.75. The molecule has 2 heterocycles. The highest BCUT2D eigenvalue weighted by atomic mass is 16.3. The van der Waals surface area contributed by atoms with Crippen LogP contribution in [0.5, 0.6) is 0 Å². The fourth-order valence-electron chi connectivity index (χ4n) is 9.93. The van der Waals surface area contributed by atoms with Crippen molar-refractivity contribution in [2.45, 2.75) is 53.4 Å². The topological polar surface area (TPSA) is 32.8 Å². The first-order valence-corrected chi connectivity index (χ1v) is 22.9. The van der Waals surface area contributed by atoms with Crippen LogP contribution in [0.3, 0.4) is 0 Å². The quantitative estimate of drug-likeness (QED) is 0.137. The van der Waals surface area contributed by atoms with E-state index in [2.05, 4.69) is 228 Å².